The van der Waals surface area contributed by atoms with Crippen molar-refractivity contribution in [2.75, 3.05) is 0 Å². The van der Waals surface area contributed by atoms with Crippen molar-refractivity contribution >= 4 is 28.0 Å². The van der Waals surface area contributed by atoms with Crippen molar-refractivity contribution in [2.24, 2.45) is 7.05 Å². The largest absolute Gasteiger partial charge is 0.361 e. The number of halogens is 1. The molecule has 3 heterocycles. The highest BCUT2D eigenvalue weighted by Gasteiger charge is 2.22. The molecule has 1 atom stereocenters. The van der Waals surface area contributed by atoms with E-state index >= 15 is 0 Å². The van der Waals surface area contributed by atoms with E-state index in [0.29, 0.717) is 11.5 Å². The zero-order chi connectivity index (χ0) is 17.6. The van der Waals surface area contributed by atoms with E-state index < -0.39 is 22.5 Å². The van der Waals surface area contributed by atoms with Gasteiger partial charge in [-0.25, -0.2) is 9.78 Å². The van der Waals surface area contributed by atoms with Crippen LogP contribution in [-0.4, -0.2) is 29.1 Å². The first-order chi connectivity index (χ1) is 11.3. The van der Waals surface area contributed by atoms with Gasteiger partial charge in [-0.05, 0) is 25.4 Å². The summed E-state index contributed by atoms with van der Waals surface area (Å²) < 4.78 is 8.58. The molecule has 3 aromatic rings. The first kappa shape index (κ1) is 16.2. The molecule has 0 bridgehead atoms. The zero-order valence-corrected chi connectivity index (χ0v) is 13.9. The smallest absolute Gasteiger partial charge is 0.332 e. The van der Waals surface area contributed by atoms with Crippen molar-refractivity contribution in [1.29, 1.82) is 0 Å². The van der Waals surface area contributed by atoms with Crippen LogP contribution < -0.4 is 11.2 Å². The van der Waals surface area contributed by atoms with Gasteiger partial charge in [-0.15, -0.1) is 0 Å². The SMILES string of the molecule is Cc1cc(Cn2c(=O)c3c(ncn3C(C)C(=O)Cl)n(C)c2=O)no1. The monoisotopic (exact) mass is 351 g/mol. The van der Waals surface area contributed by atoms with E-state index in [-0.39, 0.29) is 17.7 Å². The van der Waals surface area contributed by atoms with Gasteiger partial charge in [-0.1, -0.05) is 5.16 Å². The second kappa shape index (κ2) is 5.75. The number of hydrogen-bond donors (Lipinski definition) is 0. The molecule has 0 aromatic carbocycles. The summed E-state index contributed by atoms with van der Waals surface area (Å²) in [5.41, 5.74) is -0.362. The highest BCUT2D eigenvalue weighted by Crippen LogP contribution is 2.15. The molecule has 0 saturated heterocycles. The number of aryl methyl sites for hydroxylation is 2. The summed E-state index contributed by atoms with van der Waals surface area (Å²) in [6.45, 7) is 3.21. The Morgan fingerprint density at radius 2 is 2.12 bits per heavy atom. The van der Waals surface area contributed by atoms with Gasteiger partial charge in [0.15, 0.2) is 11.2 Å². The maximum Gasteiger partial charge on any atom is 0.332 e. The van der Waals surface area contributed by atoms with Crippen LogP contribution >= 0.6 is 11.6 Å². The normalized spacial score (nSPS) is 12.7. The highest BCUT2D eigenvalue weighted by molar-refractivity contribution is 6.64. The molecule has 1 unspecified atom stereocenters. The van der Waals surface area contributed by atoms with Gasteiger partial charge in [-0.3, -0.25) is 18.7 Å². The third-order valence-electron chi connectivity index (χ3n) is 3.80. The minimum atomic E-state index is -0.787. The number of hydrogen-bond acceptors (Lipinski definition) is 6. The molecule has 0 spiro atoms. The molecule has 3 aromatic heterocycles. The number of nitrogens with zero attached hydrogens (tertiary/aromatic N) is 5. The van der Waals surface area contributed by atoms with Crippen LogP contribution in [-0.2, 0) is 18.4 Å². The van der Waals surface area contributed by atoms with Gasteiger partial charge in [0.05, 0.1) is 12.9 Å². The summed E-state index contributed by atoms with van der Waals surface area (Å²) in [4.78, 5) is 40.8. The minimum absolute atomic E-state index is 0.0484. The number of carbonyl (C=O) groups is 1. The van der Waals surface area contributed by atoms with E-state index in [1.807, 2.05) is 0 Å². The molecule has 0 N–H and O–H groups in total. The number of rotatable bonds is 4. The molecule has 0 saturated carbocycles. The molecule has 9 nitrogen and oxygen atoms in total. The Morgan fingerprint density at radius 3 is 2.71 bits per heavy atom. The molecule has 3 rings (SSSR count). The predicted molar refractivity (Wildman–Crippen MR) is 85.1 cm³/mol. The minimum Gasteiger partial charge on any atom is -0.361 e. The number of imidazole rings is 1. The van der Waals surface area contributed by atoms with Gasteiger partial charge < -0.3 is 9.09 Å². The molecule has 0 aliphatic rings. The summed E-state index contributed by atoms with van der Waals surface area (Å²) in [7, 11) is 1.50. The Bertz CT molecular complexity index is 1060. The Morgan fingerprint density at radius 1 is 1.42 bits per heavy atom. The van der Waals surface area contributed by atoms with Crippen molar-refractivity contribution in [3.63, 3.8) is 0 Å². The van der Waals surface area contributed by atoms with Crippen LogP contribution in [0.25, 0.3) is 11.2 Å². The number of fused-ring (bicyclic) bond motifs is 1. The van der Waals surface area contributed by atoms with E-state index in [4.69, 9.17) is 16.1 Å². The van der Waals surface area contributed by atoms with Crippen molar-refractivity contribution < 1.29 is 9.32 Å². The maximum absolute atomic E-state index is 12.8. The van der Waals surface area contributed by atoms with E-state index in [1.165, 1.54) is 22.5 Å². The first-order valence-corrected chi connectivity index (χ1v) is 7.47. The lowest BCUT2D eigenvalue weighted by molar-refractivity contribution is -0.114. The number of carbonyl (C=O) groups excluding carboxylic acids is 1. The predicted octanol–water partition coefficient (Wildman–Crippen LogP) is 0.568. The van der Waals surface area contributed by atoms with Crippen LogP contribution in [0.15, 0.2) is 26.5 Å². The molecule has 0 fully saturated rings. The Kier molecular flexibility index (Phi) is 3.88. The zero-order valence-electron chi connectivity index (χ0n) is 13.2. The average molecular weight is 352 g/mol. The lowest BCUT2D eigenvalue weighted by Gasteiger charge is -2.11. The van der Waals surface area contributed by atoms with Crippen LogP contribution in [0.2, 0.25) is 0 Å². The van der Waals surface area contributed by atoms with E-state index in [9.17, 15) is 14.4 Å². The molecular formula is C14H14ClN5O4. The summed E-state index contributed by atoms with van der Waals surface area (Å²) in [5.74, 6) is 0.572. The van der Waals surface area contributed by atoms with Crippen molar-refractivity contribution in [3.05, 3.63) is 44.7 Å². The summed E-state index contributed by atoms with van der Waals surface area (Å²) in [6, 6.07) is 0.850. The van der Waals surface area contributed by atoms with Crippen LogP contribution in [0.1, 0.15) is 24.4 Å². The Hall–Kier alpha value is -2.68. The van der Waals surface area contributed by atoms with E-state index in [2.05, 4.69) is 10.1 Å². The Balaban J connectivity index is 2.27. The molecular weight excluding hydrogens is 338 g/mol. The molecule has 0 amide bonds. The van der Waals surface area contributed by atoms with Crippen molar-refractivity contribution in [2.45, 2.75) is 26.4 Å². The topological polar surface area (TPSA) is 105 Å². The van der Waals surface area contributed by atoms with Crippen LogP contribution in [0.5, 0.6) is 0 Å². The average Bonchev–Trinajstić information content (AvgIpc) is 3.15. The first-order valence-electron chi connectivity index (χ1n) is 7.09. The standard InChI is InChI=1S/C14H14ClN5O4/c1-7-4-9(17-24-7)5-19-13(22)10-12(18(3)14(19)23)16-6-20(10)8(2)11(15)21/h4,6,8H,5H2,1-3H3. The van der Waals surface area contributed by atoms with Crippen LogP contribution in [0.3, 0.4) is 0 Å². The summed E-state index contributed by atoms with van der Waals surface area (Å²) >= 11 is 5.53. The third kappa shape index (κ3) is 2.46. The van der Waals surface area contributed by atoms with Gasteiger partial charge in [-0.2, -0.15) is 0 Å². The fourth-order valence-electron chi connectivity index (χ4n) is 2.49. The summed E-state index contributed by atoms with van der Waals surface area (Å²) in [6.07, 6.45) is 1.32. The van der Waals surface area contributed by atoms with E-state index in [0.717, 1.165) is 4.57 Å². The van der Waals surface area contributed by atoms with Gasteiger partial charge in [0.1, 0.15) is 17.5 Å². The van der Waals surface area contributed by atoms with Gasteiger partial charge in [0, 0.05) is 13.1 Å². The van der Waals surface area contributed by atoms with E-state index in [1.54, 1.807) is 19.9 Å². The van der Waals surface area contributed by atoms with Crippen LogP contribution in [0, 0.1) is 6.92 Å². The maximum atomic E-state index is 12.8. The number of aromatic nitrogens is 5. The molecule has 24 heavy (non-hydrogen) atoms. The van der Waals surface area contributed by atoms with Crippen LogP contribution in [0.4, 0.5) is 0 Å². The second-order valence-electron chi connectivity index (χ2n) is 5.47. The van der Waals surface area contributed by atoms with Crippen molar-refractivity contribution in [1.82, 2.24) is 23.8 Å². The molecule has 0 aliphatic carbocycles. The quantitative estimate of drug-likeness (QED) is 0.636. The lowest BCUT2D eigenvalue weighted by Crippen LogP contribution is -2.40. The molecule has 126 valence electrons. The van der Waals surface area contributed by atoms with Gasteiger partial charge in [0.25, 0.3) is 5.56 Å². The third-order valence-corrected chi connectivity index (χ3v) is 4.12. The molecule has 0 radical (unpaired) electrons. The van der Waals surface area contributed by atoms with Crippen molar-refractivity contribution in [3.8, 4) is 0 Å². The Labute approximate surface area is 140 Å². The fraction of sp³-hybridized carbons (Fsp3) is 0.357. The molecule has 0 aliphatic heterocycles. The van der Waals surface area contributed by atoms with Gasteiger partial charge in [0.2, 0.25) is 5.24 Å². The highest BCUT2D eigenvalue weighted by atomic mass is 35.5. The second-order valence-corrected chi connectivity index (χ2v) is 5.84. The molecule has 10 heteroatoms. The summed E-state index contributed by atoms with van der Waals surface area (Å²) in [5, 5.41) is 3.16. The fourth-order valence-corrected chi connectivity index (χ4v) is 2.59. The van der Waals surface area contributed by atoms with Gasteiger partial charge >= 0.3 is 5.69 Å². The lowest BCUT2D eigenvalue weighted by atomic mass is 10.3.